The van der Waals surface area contributed by atoms with E-state index in [9.17, 15) is 9.59 Å². The Morgan fingerprint density at radius 3 is 2.93 bits per heavy atom. The molecular formula is C21H28N4O4S. The number of nitrogens with zero attached hydrogens (tertiary/aromatic N) is 3. The summed E-state index contributed by atoms with van der Waals surface area (Å²) < 4.78 is 16.8. The zero-order valence-electron chi connectivity index (χ0n) is 17.5. The molecule has 0 unspecified atom stereocenters. The van der Waals surface area contributed by atoms with Gasteiger partial charge >= 0.3 is 5.97 Å². The molecule has 9 heteroatoms. The fraction of sp³-hybridized carbons (Fsp3) is 0.619. The molecule has 4 heterocycles. The maximum atomic E-state index is 12.9. The van der Waals surface area contributed by atoms with Gasteiger partial charge in [-0.15, -0.1) is 0 Å². The number of amides is 1. The van der Waals surface area contributed by atoms with Crippen molar-refractivity contribution in [2.45, 2.75) is 46.1 Å². The van der Waals surface area contributed by atoms with Crippen LogP contribution in [-0.4, -0.2) is 52.4 Å². The summed E-state index contributed by atoms with van der Waals surface area (Å²) in [5, 5.41) is 7.90. The van der Waals surface area contributed by atoms with E-state index in [1.165, 1.54) is 0 Å². The van der Waals surface area contributed by atoms with Gasteiger partial charge in [-0.1, -0.05) is 6.92 Å². The third-order valence-corrected chi connectivity index (χ3v) is 6.78. The number of ether oxygens (including phenoxy) is 2. The largest absolute Gasteiger partial charge is 0.461 e. The highest BCUT2D eigenvalue weighted by molar-refractivity contribution is 7.07. The molecule has 2 aromatic heterocycles. The van der Waals surface area contributed by atoms with Gasteiger partial charge in [0.25, 0.3) is 5.91 Å². The predicted molar refractivity (Wildman–Crippen MR) is 112 cm³/mol. The summed E-state index contributed by atoms with van der Waals surface area (Å²) in [5.41, 5.74) is 2.70. The molecule has 0 bridgehead atoms. The van der Waals surface area contributed by atoms with Crippen molar-refractivity contribution >= 4 is 23.4 Å². The van der Waals surface area contributed by atoms with Gasteiger partial charge in [0.2, 0.25) is 0 Å². The van der Waals surface area contributed by atoms with E-state index < -0.39 is 0 Å². The number of nitrogens with one attached hydrogen (secondary N) is 1. The van der Waals surface area contributed by atoms with Gasteiger partial charge in [0.15, 0.2) is 0 Å². The van der Waals surface area contributed by atoms with Crippen molar-refractivity contribution in [1.29, 1.82) is 0 Å². The summed E-state index contributed by atoms with van der Waals surface area (Å²) in [5.74, 6) is -0.302. The van der Waals surface area contributed by atoms with E-state index in [2.05, 4.69) is 9.69 Å². The highest BCUT2D eigenvalue weighted by Gasteiger charge is 2.39. The highest BCUT2D eigenvalue weighted by Crippen LogP contribution is 2.38. The molecule has 1 fully saturated rings. The van der Waals surface area contributed by atoms with Crippen molar-refractivity contribution in [3.63, 3.8) is 0 Å². The maximum Gasteiger partial charge on any atom is 0.349 e. The van der Waals surface area contributed by atoms with Crippen LogP contribution in [-0.2, 0) is 28.9 Å². The number of hydrogen-bond donors (Lipinski definition) is 1. The number of aryl methyl sites for hydroxylation is 1. The molecule has 0 aliphatic carbocycles. The first-order valence-electron chi connectivity index (χ1n) is 10.5. The van der Waals surface area contributed by atoms with Gasteiger partial charge < -0.3 is 14.8 Å². The van der Waals surface area contributed by atoms with Gasteiger partial charge in [-0.3, -0.25) is 9.48 Å². The zero-order chi connectivity index (χ0) is 21.1. The Labute approximate surface area is 180 Å². The number of carbonyl (C=O) groups is 2. The molecule has 4 rings (SSSR count). The molecule has 162 valence electrons. The average Bonchev–Trinajstić information content (AvgIpc) is 3.37. The quantitative estimate of drug-likeness (QED) is 0.705. The minimum Gasteiger partial charge on any atom is -0.461 e. The van der Waals surface area contributed by atoms with Crippen molar-refractivity contribution in [2.24, 2.45) is 11.3 Å². The Morgan fingerprint density at radius 1 is 1.43 bits per heavy atom. The van der Waals surface area contributed by atoms with Crippen LogP contribution in [0.5, 0.6) is 0 Å². The van der Waals surface area contributed by atoms with Gasteiger partial charge in [-0.25, -0.2) is 9.17 Å². The number of aromatic nitrogens is 3. The molecule has 2 aliphatic rings. The van der Waals surface area contributed by atoms with Crippen LogP contribution in [0, 0.1) is 11.3 Å². The van der Waals surface area contributed by atoms with Crippen molar-refractivity contribution in [1.82, 2.24) is 19.5 Å². The van der Waals surface area contributed by atoms with E-state index in [-0.39, 0.29) is 23.2 Å². The van der Waals surface area contributed by atoms with Gasteiger partial charge in [0.05, 0.1) is 12.3 Å². The summed E-state index contributed by atoms with van der Waals surface area (Å²) in [4.78, 5) is 25.5. The summed E-state index contributed by atoms with van der Waals surface area (Å²) in [6.07, 6.45) is 4.95. The van der Waals surface area contributed by atoms with E-state index in [0.29, 0.717) is 36.7 Å². The SMILES string of the molecule is CCn1nc(C[C@@H](C)COC(=O)c2ccns2)c2c1C(=O)NCC1(CCOCC1)C2. The molecule has 1 atom stereocenters. The fourth-order valence-electron chi connectivity index (χ4n) is 4.33. The Bertz CT molecular complexity index is 903. The topological polar surface area (TPSA) is 95.3 Å². The van der Waals surface area contributed by atoms with E-state index in [1.54, 1.807) is 12.3 Å². The minimum absolute atomic E-state index is 0.0252. The third kappa shape index (κ3) is 4.27. The van der Waals surface area contributed by atoms with Crippen LogP contribution >= 0.6 is 11.5 Å². The molecular weight excluding hydrogens is 404 g/mol. The van der Waals surface area contributed by atoms with Crippen LogP contribution in [0.4, 0.5) is 0 Å². The molecule has 0 saturated carbocycles. The van der Waals surface area contributed by atoms with Crippen LogP contribution in [0.15, 0.2) is 12.3 Å². The molecule has 2 aliphatic heterocycles. The first kappa shape index (κ1) is 21.0. The minimum atomic E-state index is -0.345. The Kier molecular flexibility index (Phi) is 6.19. The normalized spacial score (nSPS) is 19.1. The summed E-state index contributed by atoms with van der Waals surface area (Å²) in [6, 6.07) is 1.66. The molecule has 2 aromatic rings. The number of fused-ring (bicyclic) bond motifs is 1. The molecule has 0 radical (unpaired) electrons. The highest BCUT2D eigenvalue weighted by atomic mass is 32.1. The van der Waals surface area contributed by atoms with Crippen molar-refractivity contribution < 1.29 is 19.1 Å². The van der Waals surface area contributed by atoms with Crippen LogP contribution in [0.2, 0.25) is 0 Å². The monoisotopic (exact) mass is 432 g/mol. The van der Waals surface area contributed by atoms with E-state index >= 15 is 0 Å². The van der Waals surface area contributed by atoms with Gasteiger partial charge in [-0.2, -0.15) is 5.10 Å². The Balaban J connectivity index is 1.52. The molecule has 0 aromatic carbocycles. The summed E-state index contributed by atoms with van der Waals surface area (Å²) in [7, 11) is 0. The number of carbonyl (C=O) groups excluding carboxylic acids is 2. The van der Waals surface area contributed by atoms with Gasteiger partial charge in [0, 0.05) is 38.1 Å². The first-order valence-corrected chi connectivity index (χ1v) is 11.3. The van der Waals surface area contributed by atoms with E-state index in [1.807, 2.05) is 18.5 Å². The van der Waals surface area contributed by atoms with Crippen LogP contribution in [0.3, 0.4) is 0 Å². The predicted octanol–water partition coefficient (Wildman–Crippen LogP) is 2.48. The molecule has 1 amide bonds. The number of esters is 1. The lowest BCUT2D eigenvalue weighted by Gasteiger charge is -2.36. The zero-order valence-corrected chi connectivity index (χ0v) is 18.3. The lowest BCUT2D eigenvalue weighted by molar-refractivity contribution is 0.0160. The molecule has 1 saturated heterocycles. The molecule has 8 nitrogen and oxygen atoms in total. The molecule has 1 N–H and O–H groups in total. The van der Waals surface area contributed by atoms with Crippen LogP contribution in [0.1, 0.15) is 58.1 Å². The lowest BCUT2D eigenvalue weighted by Crippen LogP contribution is -2.40. The summed E-state index contributed by atoms with van der Waals surface area (Å²) in [6.45, 7) is 7.11. The van der Waals surface area contributed by atoms with Crippen LogP contribution in [0.25, 0.3) is 0 Å². The second-order valence-electron chi connectivity index (χ2n) is 8.35. The number of rotatable bonds is 6. The second kappa shape index (κ2) is 8.85. The van der Waals surface area contributed by atoms with Gasteiger partial charge in [0.1, 0.15) is 10.6 Å². The first-order chi connectivity index (χ1) is 14.5. The summed E-state index contributed by atoms with van der Waals surface area (Å²) >= 11 is 1.13. The third-order valence-electron chi connectivity index (χ3n) is 6.06. The van der Waals surface area contributed by atoms with Crippen molar-refractivity contribution in [3.05, 3.63) is 34.1 Å². The Hall–Kier alpha value is -2.26. The number of hydrogen-bond acceptors (Lipinski definition) is 7. The van der Waals surface area contributed by atoms with E-state index in [4.69, 9.17) is 14.6 Å². The van der Waals surface area contributed by atoms with Crippen molar-refractivity contribution in [2.75, 3.05) is 26.4 Å². The van der Waals surface area contributed by atoms with E-state index in [0.717, 1.165) is 55.3 Å². The lowest BCUT2D eigenvalue weighted by atomic mass is 9.75. The second-order valence-corrected chi connectivity index (χ2v) is 9.18. The van der Waals surface area contributed by atoms with Crippen molar-refractivity contribution in [3.8, 4) is 0 Å². The Morgan fingerprint density at radius 2 is 2.23 bits per heavy atom. The van der Waals surface area contributed by atoms with Gasteiger partial charge in [-0.05, 0) is 61.5 Å². The van der Waals surface area contributed by atoms with Crippen LogP contribution < -0.4 is 5.32 Å². The standard InChI is InChI=1S/C21H28N4O4S/c1-3-25-18-15(11-21(13-22-19(18)26)5-8-28-9-6-21)16(24-25)10-14(2)12-29-20(27)17-4-7-23-30-17/h4,7,14H,3,5-6,8-13H2,1-2H3,(H,22,26)/t14-/m1/s1. The maximum absolute atomic E-state index is 12.9. The molecule has 30 heavy (non-hydrogen) atoms. The molecule has 1 spiro atoms. The fourth-order valence-corrected chi connectivity index (χ4v) is 4.82. The smallest absolute Gasteiger partial charge is 0.349 e. The average molecular weight is 433 g/mol.